The molecule has 4 heteroatoms. The Morgan fingerprint density at radius 2 is 1.83 bits per heavy atom. The van der Waals surface area contributed by atoms with Crippen molar-refractivity contribution in [3.63, 3.8) is 0 Å². The van der Waals surface area contributed by atoms with Gasteiger partial charge in [0.15, 0.2) is 0 Å². The minimum absolute atomic E-state index is 0.0941. The monoisotopic (exact) mass is 256 g/mol. The first-order valence-corrected chi connectivity index (χ1v) is 6.66. The topological polar surface area (TPSA) is 55.6 Å². The van der Waals surface area contributed by atoms with Crippen LogP contribution in [0.25, 0.3) is 0 Å². The Balaban J connectivity index is 2.70. The molecule has 1 aliphatic rings. The third-order valence-electron chi connectivity index (χ3n) is 3.68. The van der Waals surface area contributed by atoms with Crippen LogP contribution in [0.1, 0.15) is 54.9 Å². The lowest BCUT2D eigenvalue weighted by Gasteiger charge is -2.33. The number of rotatable bonds is 3. The Labute approximate surface area is 111 Å². The first-order chi connectivity index (χ1) is 7.88. The van der Waals surface area contributed by atoms with E-state index in [-0.39, 0.29) is 23.1 Å². The second kappa shape index (κ2) is 4.41. The van der Waals surface area contributed by atoms with Crippen LogP contribution in [0.2, 0.25) is 0 Å². The molecule has 0 heterocycles. The van der Waals surface area contributed by atoms with Crippen LogP contribution in [0, 0.1) is 5.41 Å². The minimum atomic E-state index is -0.467. The van der Waals surface area contributed by atoms with Crippen LogP contribution in [-0.4, -0.2) is 34.7 Å². The molecule has 1 saturated carbocycles. The molecule has 1 aliphatic carbocycles. The summed E-state index contributed by atoms with van der Waals surface area (Å²) in [6, 6.07) is 0.0941. The predicted molar refractivity (Wildman–Crippen MR) is 73.4 cm³/mol. The average Bonchev–Trinajstić information content (AvgIpc) is 2.58. The van der Waals surface area contributed by atoms with Crippen molar-refractivity contribution in [1.82, 2.24) is 4.90 Å². The molecule has 0 aromatic rings. The van der Waals surface area contributed by atoms with Crippen LogP contribution in [-0.2, 0) is 4.74 Å². The summed E-state index contributed by atoms with van der Waals surface area (Å²) < 4.78 is 5.43. The first-order valence-electron chi connectivity index (χ1n) is 6.66. The van der Waals surface area contributed by atoms with E-state index in [9.17, 15) is 4.79 Å². The fraction of sp³-hybridized carbons (Fsp3) is 0.929. The van der Waals surface area contributed by atoms with Crippen LogP contribution in [0.3, 0.4) is 0 Å². The van der Waals surface area contributed by atoms with Crippen molar-refractivity contribution < 1.29 is 9.53 Å². The molecule has 1 atom stereocenters. The van der Waals surface area contributed by atoms with Gasteiger partial charge in [-0.2, -0.15) is 0 Å². The summed E-state index contributed by atoms with van der Waals surface area (Å²) in [5, 5.41) is 0. The van der Waals surface area contributed by atoms with E-state index in [0.29, 0.717) is 6.54 Å². The van der Waals surface area contributed by atoms with Crippen LogP contribution >= 0.6 is 0 Å². The third-order valence-corrected chi connectivity index (χ3v) is 3.68. The molecular weight excluding hydrogens is 228 g/mol. The van der Waals surface area contributed by atoms with E-state index in [1.54, 1.807) is 4.90 Å². The molecule has 0 aromatic carbocycles. The highest BCUT2D eigenvalue weighted by atomic mass is 16.6. The number of carbonyl (C=O) groups excluding carboxylic acids is 1. The SMILES string of the molecule is CC(C)N(CC1(N)CC1(C)C)C(=O)OC(C)(C)C. The zero-order valence-electron chi connectivity index (χ0n) is 12.8. The molecule has 0 bridgehead atoms. The summed E-state index contributed by atoms with van der Waals surface area (Å²) in [6.07, 6.45) is 0.677. The summed E-state index contributed by atoms with van der Waals surface area (Å²) in [5.41, 5.74) is 5.69. The van der Waals surface area contributed by atoms with Gasteiger partial charge in [-0.3, -0.25) is 0 Å². The van der Waals surface area contributed by atoms with Gasteiger partial charge in [-0.15, -0.1) is 0 Å². The predicted octanol–water partition coefficient (Wildman–Crippen LogP) is 2.76. The summed E-state index contributed by atoms with van der Waals surface area (Å²) in [4.78, 5) is 13.9. The van der Waals surface area contributed by atoms with Crippen molar-refractivity contribution in [2.45, 2.75) is 72.1 Å². The van der Waals surface area contributed by atoms with Gasteiger partial charge >= 0.3 is 6.09 Å². The third kappa shape index (κ3) is 3.37. The van der Waals surface area contributed by atoms with Crippen LogP contribution < -0.4 is 5.73 Å². The number of hydrogen-bond donors (Lipinski definition) is 1. The minimum Gasteiger partial charge on any atom is -0.444 e. The lowest BCUT2D eigenvalue weighted by Crippen LogP contribution is -2.49. The van der Waals surface area contributed by atoms with Crippen LogP contribution in [0.4, 0.5) is 4.79 Å². The second-order valence-electron chi connectivity index (χ2n) is 7.42. The molecule has 0 radical (unpaired) electrons. The molecule has 0 saturated heterocycles. The summed E-state index contributed by atoms with van der Waals surface area (Å²) in [7, 11) is 0. The van der Waals surface area contributed by atoms with Crippen molar-refractivity contribution in [1.29, 1.82) is 0 Å². The van der Waals surface area contributed by atoms with Gasteiger partial charge in [-0.1, -0.05) is 13.8 Å². The number of hydrogen-bond acceptors (Lipinski definition) is 3. The van der Waals surface area contributed by atoms with E-state index < -0.39 is 5.60 Å². The number of nitrogens with two attached hydrogens (primary N) is 1. The van der Waals surface area contributed by atoms with Crippen LogP contribution in [0.15, 0.2) is 0 Å². The Morgan fingerprint density at radius 3 is 2.11 bits per heavy atom. The summed E-state index contributed by atoms with van der Waals surface area (Å²) >= 11 is 0. The van der Waals surface area contributed by atoms with Gasteiger partial charge in [-0.05, 0) is 46.5 Å². The van der Waals surface area contributed by atoms with Gasteiger partial charge in [-0.25, -0.2) is 4.79 Å². The molecule has 106 valence electrons. The molecular formula is C14H28N2O2. The molecule has 0 aliphatic heterocycles. The zero-order valence-corrected chi connectivity index (χ0v) is 12.8. The molecule has 1 unspecified atom stereocenters. The Hall–Kier alpha value is -0.770. The molecule has 1 rings (SSSR count). The van der Waals surface area contributed by atoms with Gasteiger partial charge in [0.1, 0.15) is 5.60 Å². The Bertz CT molecular complexity index is 331. The van der Waals surface area contributed by atoms with E-state index in [2.05, 4.69) is 13.8 Å². The molecule has 0 spiro atoms. The van der Waals surface area contributed by atoms with Gasteiger partial charge in [0, 0.05) is 18.1 Å². The summed E-state index contributed by atoms with van der Waals surface area (Å²) in [6.45, 7) is 14.5. The lowest BCUT2D eigenvalue weighted by molar-refractivity contribution is 0.0163. The maximum atomic E-state index is 12.2. The molecule has 18 heavy (non-hydrogen) atoms. The number of amides is 1. The lowest BCUT2D eigenvalue weighted by atomic mass is 10.0. The Morgan fingerprint density at radius 1 is 1.39 bits per heavy atom. The van der Waals surface area contributed by atoms with Crippen molar-refractivity contribution in [2.24, 2.45) is 11.1 Å². The molecule has 0 aromatic heterocycles. The van der Waals surface area contributed by atoms with Crippen molar-refractivity contribution in [3.8, 4) is 0 Å². The highest BCUT2D eigenvalue weighted by molar-refractivity contribution is 5.68. The number of carbonyl (C=O) groups is 1. The first kappa shape index (κ1) is 15.3. The maximum Gasteiger partial charge on any atom is 0.410 e. The van der Waals surface area contributed by atoms with Gasteiger partial charge < -0.3 is 15.4 Å². The van der Waals surface area contributed by atoms with E-state index in [0.717, 1.165) is 6.42 Å². The quantitative estimate of drug-likeness (QED) is 0.844. The van der Waals surface area contributed by atoms with Crippen LogP contribution in [0.5, 0.6) is 0 Å². The highest BCUT2D eigenvalue weighted by Gasteiger charge is 2.59. The van der Waals surface area contributed by atoms with E-state index in [4.69, 9.17) is 10.5 Å². The molecule has 1 fully saturated rings. The largest absolute Gasteiger partial charge is 0.444 e. The maximum absolute atomic E-state index is 12.2. The van der Waals surface area contributed by atoms with E-state index in [1.165, 1.54) is 0 Å². The summed E-state index contributed by atoms with van der Waals surface area (Å²) in [5.74, 6) is 0. The van der Waals surface area contributed by atoms with E-state index in [1.807, 2.05) is 34.6 Å². The average molecular weight is 256 g/mol. The zero-order chi connectivity index (χ0) is 14.4. The number of nitrogens with zero attached hydrogens (tertiary/aromatic N) is 1. The van der Waals surface area contributed by atoms with Crippen molar-refractivity contribution in [2.75, 3.05) is 6.54 Å². The standard InChI is InChI=1S/C14H28N2O2/c1-10(2)16(11(17)18-12(3,4)5)9-14(15)8-13(14,6)7/h10H,8-9,15H2,1-7H3. The number of ether oxygens (including phenoxy) is 1. The van der Waals surface area contributed by atoms with E-state index >= 15 is 0 Å². The Kier molecular flexibility index (Phi) is 3.74. The van der Waals surface area contributed by atoms with Crippen molar-refractivity contribution in [3.05, 3.63) is 0 Å². The normalized spacial score (nSPS) is 26.1. The van der Waals surface area contributed by atoms with Gasteiger partial charge in [0.25, 0.3) is 0 Å². The van der Waals surface area contributed by atoms with Gasteiger partial charge in [0.2, 0.25) is 0 Å². The second-order valence-corrected chi connectivity index (χ2v) is 7.42. The fourth-order valence-corrected chi connectivity index (χ4v) is 2.10. The molecule has 4 nitrogen and oxygen atoms in total. The smallest absolute Gasteiger partial charge is 0.410 e. The molecule has 2 N–H and O–H groups in total. The van der Waals surface area contributed by atoms with Gasteiger partial charge in [0.05, 0.1) is 0 Å². The van der Waals surface area contributed by atoms with Crippen molar-refractivity contribution >= 4 is 6.09 Å². The highest BCUT2D eigenvalue weighted by Crippen LogP contribution is 2.54. The fourth-order valence-electron chi connectivity index (χ4n) is 2.10. The molecule has 1 amide bonds.